The topological polar surface area (TPSA) is 61.9 Å². The van der Waals surface area contributed by atoms with E-state index in [2.05, 4.69) is 10.2 Å². The van der Waals surface area contributed by atoms with E-state index in [1.807, 2.05) is 29.2 Å². The lowest BCUT2D eigenvalue weighted by molar-refractivity contribution is -0.129. The summed E-state index contributed by atoms with van der Waals surface area (Å²) in [7, 11) is 1.51. The molecule has 0 spiro atoms. The summed E-state index contributed by atoms with van der Waals surface area (Å²) in [6, 6.07) is 10.9. The summed E-state index contributed by atoms with van der Waals surface area (Å²) in [5.41, 5.74) is 2.24. The Morgan fingerprint density at radius 3 is 2.47 bits per heavy atom. The molecule has 3 rings (SSSR count). The van der Waals surface area contributed by atoms with Crippen LogP contribution in [0.3, 0.4) is 0 Å². The number of piperazine rings is 1. The second-order valence-corrected chi connectivity index (χ2v) is 7.69. The SMILES string of the molecule is COc1c(Cl)cc(Cl)cc1/C=C/C(=O)Nc1ccccc1N1CCN(C(C)=O)CC1. The van der Waals surface area contributed by atoms with E-state index in [0.717, 1.165) is 5.69 Å². The number of benzene rings is 2. The molecule has 0 bridgehead atoms. The van der Waals surface area contributed by atoms with E-state index in [1.54, 1.807) is 25.1 Å². The number of halogens is 2. The van der Waals surface area contributed by atoms with E-state index in [-0.39, 0.29) is 11.8 Å². The van der Waals surface area contributed by atoms with Crippen molar-refractivity contribution in [2.75, 3.05) is 43.5 Å². The normalized spacial score (nSPS) is 14.1. The molecular weight excluding hydrogens is 425 g/mol. The fourth-order valence-electron chi connectivity index (χ4n) is 3.38. The average Bonchev–Trinajstić information content (AvgIpc) is 2.72. The molecule has 6 nitrogen and oxygen atoms in total. The van der Waals surface area contributed by atoms with Crippen LogP contribution in [0.4, 0.5) is 11.4 Å². The summed E-state index contributed by atoms with van der Waals surface area (Å²) in [6.07, 6.45) is 3.02. The third-order valence-electron chi connectivity index (χ3n) is 4.88. The lowest BCUT2D eigenvalue weighted by Crippen LogP contribution is -2.48. The highest BCUT2D eigenvalue weighted by Gasteiger charge is 2.20. The number of hydrogen-bond acceptors (Lipinski definition) is 4. The molecule has 1 aliphatic rings. The van der Waals surface area contributed by atoms with Crippen LogP contribution in [0.1, 0.15) is 12.5 Å². The van der Waals surface area contributed by atoms with Gasteiger partial charge in [-0.2, -0.15) is 0 Å². The number of methoxy groups -OCH3 is 1. The van der Waals surface area contributed by atoms with Crippen molar-refractivity contribution in [3.63, 3.8) is 0 Å². The molecule has 0 aliphatic carbocycles. The number of anilines is 2. The molecule has 1 heterocycles. The minimum Gasteiger partial charge on any atom is -0.495 e. The van der Waals surface area contributed by atoms with Crippen molar-refractivity contribution in [3.05, 3.63) is 58.1 Å². The third kappa shape index (κ3) is 5.26. The monoisotopic (exact) mass is 447 g/mol. The minimum absolute atomic E-state index is 0.0814. The number of hydrogen-bond donors (Lipinski definition) is 1. The van der Waals surface area contributed by atoms with Crippen LogP contribution in [0.25, 0.3) is 6.08 Å². The zero-order valence-electron chi connectivity index (χ0n) is 16.8. The molecule has 1 saturated heterocycles. The number of para-hydroxylation sites is 2. The Labute approximate surface area is 186 Å². The molecule has 1 fully saturated rings. The van der Waals surface area contributed by atoms with Crippen LogP contribution in [0.2, 0.25) is 10.0 Å². The maximum absolute atomic E-state index is 12.6. The van der Waals surface area contributed by atoms with Crippen molar-refractivity contribution in [1.29, 1.82) is 0 Å². The van der Waals surface area contributed by atoms with Crippen LogP contribution in [0.5, 0.6) is 5.75 Å². The Hall–Kier alpha value is -2.70. The summed E-state index contributed by atoms with van der Waals surface area (Å²) in [6.45, 7) is 4.32. The van der Waals surface area contributed by atoms with Crippen LogP contribution in [-0.2, 0) is 9.59 Å². The molecule has 158 valence electrons. The first-order valence-corrected chi connectivity index (χ1v) is 10.3. The van der Waals surface area contributed by atoms with Crippen LogP contribution >= 0.6 is 23.2 Å². The van der Waals surface area contributed by atoms with Crippen molar-refractivity contribution in [2.24, 2.45) is 0 Å². The Bertz CT molecular complexity index is 970. The average molecular weight is 448 g/mol. The van der Waals surface area contributed by atoms with Crippen molar-refractivity contribution in [1.82, 2.24) is 4.90 Å². The van der Waals surface area contributed by atoms with Gasteiger partial charge in [-0.3, -0.25) is 9.59 Å². The van der Waals surface area contributed by atoms with Crippen molar-refractivity contribution in [2.45, 2.75) is 6.92 Å². The largest absolute Gasteiger partial charge is 0.495 e. The summed E-state index contributed by atoms with van der Waals surface area (Å²) >= 11 is 12.2. The number of amides is 2. The number of rotatable bonds is 5. The quantitative estimate of drug-likeness (QED) is 0.693. The molecule has 0 unspecified atom stereocenters. The molecule has 1 N–H and O–H groups in total. The van der Waals surface area contributed by atoms with Gasteiger partial charge >= 0.3 is 0 Å². The van der Waals surface area contributed by atoms with E-state index < -0.39 is 0 Å². The summed E-state index contributed by atoms with van der Waals surface area (Å²) in [4.78, 5) is 28.1. The molecule has 2 amide bonds. The fraction of sp³-hybridized carbons (Fsp3) is 0.273. The van der Waals surface area contributed by atoms with E-state index in [9.17, 15) is 9.59 Å². The zero-order chi connectivity index (χ0) is 21.7. The highest BCUT2D eigenvalue weighted by atomic mass is 35.5. The first-order valence-electron chi connectivity index (χ1n) is 9.50. The number of carbonyl (C=O) groups excluding carboxylic acids is 2. The number of nitrogens with zero attached hydrogens (tertiary/aromatic N) is 2. The molecule has 0 radical (unpaired) electrons. The molecule has 8 heteroatoms. The molecule has 0 aromatic heterocycles. The highest BCUT2D eigenvalue weighted by Crippen LogP contribution is 2.33. The Kier molecular flexibility index (Phi) is 7.24. The van der Waals surface area contributed by atoms with Gasteiger partial charge < -0.3 is 19.9 Å². The lowest BCUT2D eigenvalue weighted by atomic mass is 10.1. The molecule has 2 aromatic carbocycles. The summed E-state index contributed by atoms with van der Waals surface area (Å²) in [5, 5.41) is 3.75. The van der Waals surface area contributed by atoms with Crippen molar-refractivity contribution < 1.29 is 14.3 Å². The first kappa shape index (κ1) is 22.0. The Morgan fingerprint density at radius 1 is 1.10 bits per heavy atom. The van der Waals surface area contributed by atoms with Gasteiger partial charge in [0.1, 0.15) is 5.75 Å². The molecule has 1 aliphatic heterocycles. The van der Waals surface area contributed by atoms with Gasteiger partial charge in [0.15, 0.2) is 0 Å². The fourth-order valence-corrected chi connectivity index (χ4v) is 3.96. The first-order chi connectivity index (χ1) is 14.4. The Balaban J connectivity index is 1.73. The maximum Gasteiger partial charge on any atom is 0.248 e. The maximum atomic E-state index is 12.6. The van der Waals surface area contributed by atoms with Crippen LogP contribution in [0, 0.1) is 0 Å². The molecule has 30 heavy (non-hydrogen) atoms. The number of carbonyl (C=O) groups is 2. The van der Waals surface area contributed by atoms with Gasteiger partial charge in [0.05, 0.1) is 23.5 Å². The van der Waals surface area contributed by atoms with Crippen molar-refractivity contribution >= 4 is 52.5 Å². The second-order valence-electron chi connectivity index (χ2n) is 6.84. The van der Waals surface area contributed by atoms with Crippen LogP contribution in [-0.4, -0.2) is 50.0 Å². The van der Waals surface area contributed by atoms with E-state index in [4.69, 9.17) is 27.9 Å². The predicted octanol–water partition coefficient (Wildman–Crippen LogP) is 4.32. The molecule has 0 saturated carbocycles. The predicted molar refractivity (Wildman–Crippen MR) is 122 cm³/mol. The third-order valence-corrected chi connectivity index (χ3v) is 5.38. The smallest absolute Gasteiger partial charge is 0.248 e. The van der Waals surface area contributed by atoms with Gasteiger partial charge in [0.2, 0.25) is 11.8 Å². The minimum atomic E-state index is -0.289. The van der Waals surface area contributed by atoms with Crippen LogP contribution in [0.15, 0.2) is 42.5 Å². The highest BCUT2D eigenvalue weighted by molar-refractivity contribution is 6.36. The lowest BCUT2D eigenvalue weighted by Gasteiger charge is -2.36. The molecular formula is C22H23Cl2N3O3. The standard InChI is InChI=1S/C22H23Cl2N3O3/c1-15(28)26-9-11-27(12-10-26)20-6-4-3-5-19(20)25-21(29)8-7-16-13-17(23)14-18(24)22(16)30-2/h3-8,13-14H,9-12H2,1-2H3,(H,25,29)/b8-7+. The molecule has 2 aromatic rings. The summed E-state index contributed by atoms with van der Waals surface area (Å²) < 4.78 is 5.30. The van der Waals surface area contributed by atoms with Gasteiger partial charge in [0, 0.05) is 49.8 Å². The Morgan fingerprint density at radius 2 is 1.80 bits per heavy atom. The van der Waals surface area contributed by atoms with Gasteiger partial charge in [-0.15, -0.1) is 0 Å². The summed E-state index contributed by atoms with van der Waals surface area (Å²) in [5.74, 6) is 0.245. The number of nitrogens with one attached hydrogen (secondary N) is 1. The van der Waals surface area contributed by atoms with Gasteiger partial charge in [0.25, 0.3) is 0 Å². The number of ether oxygens (including phenoxy) is 1. The van der Waals surface area contributed by atoms with E-state index >= 15 is 0 Å². The van der Waals surface area contributed by atoms with Crippen LogP contribution < -0.4 is 15.0 Å². The van der Waals surface area contributed by atoms with Gasteiger partial charge in [-0.25, -0.2) is 0 Å². The molecule has 0 atom stereocenters. The van der Waals surface area contributed by atoms with E-state index in [0.29, 0.717) is 53.2 Å². The van der Waals surface area contributed by atoms with E-state index in [1.165, 1.54) is 13.2 Å². The second kappa shape index (κ2) is 9.87. The van der Waals surface area contributed by atoms with Gasteiger partial charge in [-0.1, -0.05) is 35.3 Å². The van der Waals surface area contributed by atoms with Crippen molar-refractivity contribution in [3.8, 4) is 5.75 Å². The zero-order valence-corrected chi connectivity index (χ0v) is 18.3. The van der Waals surface area contributed by atoms with Gasteiger partial charge in [-0.05, 0) is 30.3 Å².